The van der Waals surface area contributed by atoms with E-state index in [-0.39, 0.29) is 161 Å². The largest absolute Gasteiger partial charge is 0.512 e. The quantitative estimate of drug-likeness (QED) is 0.0704. The number of carbonyl (C=O) groups is 3. The first-order valence-corrected chi connectivity index (χ1v) is 32.4. The van der Waals surface area contributed by atoms with Gasteiger partial charge < -0.3 is 40.2 Å². The van der Waals surface area contributed by atoms with E-state index in [0.29, 0.717) is 5.69 Å². The van der Waals surface area contributed by atoms with Crippen LogP contribution in [0.1, 0.15) is 58.2 Å². The van der Waals surface area contributed by atoms with E-state index < -0.39 is 11.6 Å². The molecule has 0 saturated heterocycles. The second-order valence-electron chi connectivity index (χ2n) is 22.2. The summed E-state index contributed by atoms with van der Waals surface area (Å²) in [6, 6.07) is 93.4. The molecule has 0 bridgehead atoms. The Labute approximate surface area is 718 Å². The van der Waals surface area contributed by atoms with E-state index in [0.717, 1.165) is 70.1 Å². The van der Waals surface area contributed by atoms with Gasteiger partial charge in [-0.15, -0.1) is 161 Å². The number of aromatic nitrogens is 7. The van der Waals surface area contributed by atoms with Crippen molar-refractivity contribution in [3.05, 3.63) is 380 Å². The third-order valence-electron chi connectivity index (χ3n) is 13.7. The van der Waals surface area contributed by atoms with Crippen molar-refractivity contribution in [3.8, 4) is 73.1 Å². The van der Waals surface area contributed by atoms with Crippen LogP contribution in [0.2, 0.25) is 0 Å². The van der Waals surface area contributed by atoms with Gasteiger partial charge in [0, 0.05) is 194 Å². The van der Waals surface area contributed by atoms with Crippen LogP contribution in [-0.2, 0) is 148 Å². The number of carbonyl (C=O) groups excluding carboxylic acids is 3. The van der Waals surface area contributed by atoms with Crippen molar-refractivity contribution < 1.29 is 159 Å². The predicted molar refractivity (Wildman–Crippen MR) is 404 cm³/mol. The molecule has 109 heavy (non-hydrogen) atoms. The van der Waals surface area contributed by atoms with Crippen LogP contribution in [0.3, 0.4) is 0 Å². The Hall–Kier alpha value is -9.11. The van der Waals surface area contributed by atoms with Crippen LogP contribution in [0.5, 0.6) is 0 Å². The van der Waals surface area contributed by atoms with Crippen molar-refractivity contribution in [2.45, 2.75) is 61.3 Å². The number of allylic oxidation sites excluding steroid dienone is 6. The maximum absolute atomic E-state index is 13.2. The van der Waals surface area contributed by atoms with Gasteiger partial charge in [-0.05, 0) is 131 Å². The van der Waals surface area contributed by atoms with Crippen LogP contribution in [0, 0.1) is 55.0 Å². The zero-order valence-electron chi connectivity index (χ0n) is 60.2. The molecule has 1 aliphatic rings. The molecule has 0 amide bonds. The van der Waals surface area contributed by atoms with E-state index in [2.05, 4.69) is 116 Å². The van der Waals surface area contributed by atoms with E-state index in [1.54, 1.807) is 47.7 Å². The summed E-state index contributed by atoms with van der Waals surface area (Å²) in [5.41, 5.74) is 16.3. The molecule has 1 aliphatic carbocycles. The first-order valence-electron chi connectivity index (χ1n) is 32.4. The topological polar surface area (TPSA) is 194 Å². The molecule has 0 atom stereocenters. The van der Waals surface area contributed by atoms with Crippen molar-refractivity contribution in [1.82, 2.24) is 34.7 Å². The van der Waals surface area contributed by atoms with E-state index in [1.165, 1.54) is 93.2 Å². The average Bonchev–Trinajstić information content (AvgIpc) is 1.04. The summed E-state index contributed by atoms with van der Waals surface area (Å²) in [6.07, 6.45) is 18.2. The number of benzene rings is 7. The Morgan fingerprint density at radius 1 is 0.394 bits per heavy atom. The fourth-order valence-corrected chi connectivity index (χ4v) is 9.34. The van der Waals surface area contributed by atoms with Crippen molar-refractivity contribution in [1.29, 1.82) is 0 Å². The van der Waals surface area contributed by atoms with E-state index in [1.807, 2.05) is 182 Å². The van der Waals surface area contributed by atoms with Crippen molar-refractivity contribution in [2.75, 3.05) is 0 Å². The summed E-state index contributed by atoms with van der Waals surface area (Å²) >= 11 is 0. The maximum atomic E-state index is 13.2. The predicted octanol–water partition coefficient (Wildman–Crippen LogP) is 19.9. The zero-order valence-corrected chi connectivity index (χ0v) is 74.5. The second-order valence-corrected chi connectivity index (χ2v) is 22.2. The van der Waals surface area contributed by atoms with Gasteiger partial charge in [0.1, 0.15) is 0 Å². The van der Waals surface area contributed by atoms with Crippen LogP contribution in [0.15, 0.2) is 315 Å². The number of hydrogen-bond acceptors (Lipinski definition) is 12. The van der Waals surface area contributed by atoms with Crippen molar-refractivity contribution in [3.63, 3.8) is 0 Å². The minimum Gasteiger partial charge on any atom is -0.512 e. The fourth-order valence-electron chi connectivity index (χ4n) is 9.34. The number of hydrogen-bond donors (Lipinski definition) is 3. The summed E-state index contributed by atoms with van der Waals surface area (Å²) in [5.74, 6) is -1.47. The average molecular weight is 2520 g/mol. The van der Waals surface area contributed by atoms with Gasteiger partial charge >= 0.3 is 0 Å². The molecule has 574 valence electrons. The first kappa shape index (κ1) is 99.9. The van der Waals surface area contributed by atoms with Gasteiger partial charge in [0.25, 0.3) is 0 Å². The molecular formula is C88H77F2Ir6N7O6-6. The third-order valence-corrected chi connectivity index (χ3v) is 13.7. The summed E-state index contributed by atoms with van der Waals surface area (Å²) in [6.45, 7) is 10.6. The summed E-state index contributed by atoms with van der Waals surface area (Å²) in [4.78, 5) is 51.3. The van der Waals surface area contributed by atoms with Gasteiger partial charge in [-0.2, -0.15) is 29.4 Å². The number of pyridine rings is 5. The molecule has 6 radical (unpaired) electrons. The normalized spacial score (nSPS) is 10.1. The van der Waals surface area contributed by atoms with E-state index in [9.17, 15) is 23.2 Å². The molecule has 0 saturated carbocycles. The molecular weight excluding hydrogens is 2440 g/mol. The minimum absolute atomic E-state index is 0. The Bertz CT molecular complexity index is 4560. The van der Waals surface area contributed by atoms with Crippen LogP contribution < -0.4 is 0 Å². The third kappa shape index (κ3) is 38.7. The van der Waals surface area contributed by atoms with Gasteiger partial charge in [-0.1, -0.05) is 108 Å². The Morgan fingerprint density at radius 3 is 1.34 bits per heavy atom. The monoisotopic (exact) mass is 2520 g/mol. The van der Waals surface area contributed by atoms with Crippen LogP contribution >= 0.6 is 0 Å². The Morgan fingerprint density at radius 2 is 0.862 bits per heavy atom. The van der Waals surface area contributed by atoms with Crippen LogP contribution in [0.4, 0.5) is 8.78 Å². The number of aryl methyl sites for hydroxylation is 3. The molecule has 0 fully saturated rings. The number of rotatable bonds is 9. The SMILES string of the molecule is CC(=O)C=C(C)O.CC(=O)C=C(C)O.CC(=O)C=C(C)O.Cc1cccnc1-c1[c-]cccc1.Fc1c[c-]c(-c2ccccn2)c(F)c1.[Ir].[Ir].[Ir].[Ir].[Ir].[Ir].[c-]1ccc(-c2ccccc2)cc1-c1ccccn1.[c-]1cccc2c1-c1ncccc1CC2.[c-]1ccccc1-c1ccccn1.[c-]1ccccc1-n1cccn1. The molecule has 13 aromatic rings. The summed E-state index contributed by atoms with van der Waals surface area (Å²) < 4.78 is 27.6. The van der Waals surface area contributed by atoms with Gasteiger partial charge in [-0.3, -0.25) is 27.8 Å². The second kappa shape index (κ2) is 57.0. The molecule has 6 heterocycles. The molecule has 3 N–H and O–H groups in total. The minimum atomic E-state index is -0.649. The number of aliphatic hydroxyl groups is 3. The molecule has 0 unspecified atom stereocenters. The maximum Gasteiger partial charge on any atom is 0.155 e. The number of fused-ring (bicyclic) bond motifs is 3. The van der Waals surface area contributed by atoms with E-state index >= 15 is 0 Å². The van der Waals surface area contributed by atoms with Gasteiger partial charge in [-0.25, -0.2) is 0 Å². The molecule has 6 aromatic heterocycles. The Kier molecular flexibility index (Phi) is 52.3. The molecule has 0 spiro atoms. The first-order chi connectivity index (χ1) is 49.8. The van der Waals surface area contributed by atoms with E-state index in [4.69, 9.17) is 15.3 Å². The molecule has 7 aromatic carbocycles. The standard InChI is InChI=1S/C17H12N.C13H10N.C12H10N.C11H6F2N.C11H8N.C9H7N2.3C5H8O2.6Ir/c1-2-7-14(8-3-1)15-9-6-10-16(13-15)17-11-4-5-12-18-17;1-2-6-12-10(4-1)7-8-11-5-3-9-14-13(11)12;1-10-6-5-9-13-12(10)11-7-3-2-4-8-11;12-8-4-5-9(10(13)7-8)11-3-1-2-6-14-11;1-2-6-10(7-3-1)11-8-4-5-9-12-11;1-2-5-9(6-3-1)11-8-4-7-10-11;3*1-4(6)3-5(2)7;;;;;;/h1-9,11-13H;1-5,9H,7-8H2;2-7,9H,1H3;1-4,6-7H;1-6,8-9H;1-5,7-8H;3*3,6H,1-2H3;;;;;;/q6*-1;;;;;;;;;. The summed E-state index contributed by atoms with van der Waals surface area (Å²) in [5, 5.41) is 29.2. The van der Waals surface area contributed by atoms with Crippen LogP contribution in [-0.4, -0.2) is 67.4 Å². The molecule has 21 heteroatoms. The van der Waals surface area contributed by atoms with Gasteiger partial charge in [0.15, 0.2) is 17.3 Å². The molecule has 0 aliphatic heterocycles. The number of aliphatic hydroxyl groups excluding tert-OH is 3. The Balaban J connectivity index is 0.00000121. The molecule has 13 nitrogen and oxygen atoms in total. The number of nitrogens with zero attached hydrogens (tertiary/aromatic N) is 7. The summed E-state index contributed by atoms with van der Waals surface area (Å²) in [7, 11) is 0. The van der Waals surface area contributed by atoms with Crippen molar-refractivity contribution >= 4 is 17.3 Å². The number of halogens is 2. The number of ketones is 3. The molecule has 14 rings (SSSR count). The van der Waals surface area contributed by atoms with Crippen LogP contribution in [0.25, 0.3) is 73.1 Å². The van der Waals surface area contributed by atoms with Gasteiger partial charge in [0.2, 0.25) is 0 Å². The van der Waals surface area contributed by atoms with Crippen molar-refractivity contribution in [2.24, 2.45) is 0 Å². The zero-order chi connectivity index (χ0) is 74.0. The number of para-hydroxylation sites is 1. The smallest absolute Gasteiger partial charge is 0.155 e. The fraction of sp³-hybridized carbons (Fsp3) is 0.102. The van der Waals surface area contributed by atoms with Gasteiger partial charge in [0.05, 0.1) is 17.3 Å².